The van der Waals surface area contributed by atoms with Gasteiger partial charge in [-0.15, -0.1) is 0 Å². The van der Waals surface area contributed by atoms with Gasteiger partial charge in [0, 0.05) is 0 Å². The number of amides is 1. The predicted octanol–water partition coefficient (Wildman–Crippen LogP) is 2.47. The lowest BCUT2D eigenvalue weighted by molar-refractivity contribution is -0.106. The van der Waals surface area contributed by atoms with Gasteiger partial charge in [0.15, 0.2) is 0 Å². The van der Waals surface area contributed by atoms with E-state index >= 15 is 0 Å². The van der Waals surface area contributed by atoms with Crippen LogP contribution in [0.3, 0.4) is 0 Å². The van der Waals surface area contributed by atoms with Crippen LogP contribution in [0.25, 0.3) is 5.57 Å². The summed E-state index contributed by atoms with van der Waals surface area (Å²) in [5, 5.41) is 0.737. The summed E-state index contributed by atoms with van der Waals surface area (Å²) in [6.07, 6.45) is 3.97. The molecule has 15 heavy (non-hydrogen) atoms. The Hall–Kier alpha value is -1.36. The Kier molecular flexibility index (Phi) is 4.30. The summed E-state index contributed by atoms with van der Waals surface area (Å²) in [7, 11) is 0. The Balaban J connectivity index is 2.82. The predicted molar refractivity (Wildman–Crippen MR) is 63.6 cm³/mol. The molecule has 1 rings (SSSR count). The number of thioether (sulfide) groups is 1. The van der Waals surface area contributed by atoms with E-state index in [1.54, 1.807) is 12.5 Å². The molecule has 0 spiro atoms. The number of allylic oxidation sites excluding steroid dienone is 2. The second-order valence-corrected chi connectivity index (χ2v) is 4.41. The van der Waals surface area contributed by atoms with Crippen molar-refractivity contribution in [1.82, 2.24) is 9.97 Å². The fourth-order valence-electron chi connectivity index (χ4n) is 1.05. The number of aromatic amines is 1. The maximum Gasteiger partial charge on any atom is 0.233 e. The number of carbonyl (C=O) groups is 1. The van der Waals surface area contributed by atoms with Gasteiger partial charge >= 0.3 is 0 Å². The molecular formula is C10H13N3OS. The number of aliphatic imine (C=N–C) groups is 1. The van der Waals surface area contributed by atoms with E-state index < -0.39 is 0 Å². The topological polar surface area (TPSA) is 58.1 Å². The van der Waals surface area contributed by atoms with E-state index in [-0.39, 0.29) is 0 Å². The second-order valence-electron chi connectivity index (χ2n) is 3.00. The Bertz CT molecular complexity index is 393. The molecule has 0 aliphatic heterocycles. The van der Waals surface area contributed by atoms with Crippen LogP contribution in [0.15, 0.2) is 22.4 Å². The van der Waals surface area contributed by atoms with Gasteiger partial charge in [0.05, 0.1) is 23.3 Å². The van der Waals surface area contributed by atoms with Crippen molar-refractivity contribution in [2.45, 2.75) is 20.8 Å². The number of nitrogens with zero attached hydrogens (tertiary/aromatic N) is 2. The molecule has 1 heterocycles. The van der Waals surface area contributed by atoms with Gasteiger partial charge in [-0.25, -0.2) is 9.98 Å². The first-order valence-electron chi connectivity index (χ1n) is 4.47. The summed E-state index contributed by atoms with van der Waals surface area (Å²) >= 11 is 1.48. The Morgan fingerprint density at radius 2 is 2.27 bits per heavy atom. The summed E-state index contributed by atoms with van der Waals surface area (Å²) < 4.78 is 0. The molecular weight excluding hydrogens is 210 g/mol. The minimum absolute atomic E-state index is 0.557. The van der Waals surface area contributed by atoms with E-state index in [0.29, 0.717) is 6.41 Å². The standard InChI is InChI=1S/C10H13N3OS/c1-7(10-4-11-5-12-10)8(2)15-9(3)13-6-14/h4-6H,1-3H3,(H,11,12)/b8-7-,13-9?. The van der Waals surface area contributed by atoms with Crippen LogP contribution in [0, 0.1) is 0 Å². The van der Waals surface area contributed by atoms with Crippen LogP contribution < -0.4 is 0 Å². The smallest absolute Gasteiger partial charge is 0.233 e. The van der Waals surface area contributed by atoms with Crippen LogP contribution in [0.4, 0.5) is 0 Å². The van der Waals surface area contributed by atoms with Gasteiger partial charge in [0.2, 0.25) is 6.41 Å². The molecule has 0 aliphatic carbocycles. The summed E-state index contributed by atoms with van der Waals surface area (Å²) in [4.78, 5) is 21.9. The SMILES string of the molecule is CC(=NC=O)S/C(C)=C(/C)c1cnc[nH]1. The normalized spacial score (nSPS) is 13.7. The zero-order valence-corrected chi connectivity index (χ0v) is 9.76. The van der Waals surface area contributed by atoms with Gasteiger partial charge < -0.3 is 4.98 Å². The molecule has 1 N–H and O–H groups in total. The fraction of sp³-hybridized carbons (Fsp3) is 0.300. The van der Waals surface area contributed by atoms with Gasteiger partial charge in [0.25, 0.3) is 0 Å². The summed E-state index contributed by atoms with van der Waals surface area (Å²) in [6, 6.07) is 0. The van der Waals surface area contributed by atoms with Crippen molar-refractivity contribution < 1.29 is 4.79 Å². The molecule has 0 aliphatic rings. The average molecular weight is 223 g/mol. The highest BCUT2D eigenvalue weighted by Gasteiger charge is 2.03. The lowest BCUT2D eigenvalue weighted by Gasteiger charge is -2.04. The second kappa shape index (κ2) is 5.50. The molecule has 0 atom stereocenters. The lowest BCUT2D eigenvalue weighted by Crippen LogP contribution is -1.88. The van der Waals surface area contributed by atoms with Crippen LogP contribution in [-0.2, 0) is 4.79 Å². The molecule has 0 aromatic carbocycles. The largest absolute Gasteiger partial charge is 0.345 e. The zero-order valence-electron chi connectivity index (χ0n) is 8.94. The summed E-state index contributed by atoms with van der Waals surface area (Å²) in [5.74, 6) is 0. The number of hydrogen-bond donors (Lipinski definition) is 1. The molecule has 5 heteroatoms. The molecule has 1 aromatic heterocycles. The number of rotatable bonds is 3. The Labute approximate surface area is 92.9 Å². The maximum atomic E-state index is 10.2. The Morgan fingerprint density at radius 1 is 1.53 bits per heavy atom. The van der Waals surface area contributed by atoms with E-state index in [0.717, 1.165) is 21.2 Å². The van der Waals surface area contributed by atoms with Crippen LogP contribution in [0.5, 0.6) is 0 Å². The number of aromatic nitrogens is 2. The third-order valence-electron chi connectivity index (χ3n) is 1.97. The van der Waals surface area contributed by atoms with Crippen molar-refractivity contribution in [3.63, 3.8) is 0 Å². The first-order valence-corrected chi connectivity index (χ1v) is 5.29. The molecule has 0 bridgehead atoms. The molecule has 80 valence electrons. The molecule has 0 fully saturated rings. The third-order valence-corrected chi connectivity index (χ3v) is 2.98. The summed E-state index contributed by atoms with van der Waals surface area (Å²) in [6.45, 7) is 5.80. The lowest BCUT2D eigenvalue weighted by atomic mass is 10.2. The van der Waals surface area contributed by atoms with E-state index in [4.69, 9.17) is 0 Å². The minimum Gasteiger partial charge on any atom is -0.345 e. The van der Waals surface area contributed by atoms with Gasteiger partial charge in [-0.3, -0.25) is 4.79 Å². The summed E-state index contributed by atoms with van der Waals surface area (Å²) in [5.41, 5.74) is 2.09. The van der Waals surface area contributed by atoms with E-state index in [2.05, 4.69) is 15.0 Å². The quantitative estimate of drug-likeness (QED) is 0.486. The Morgan fingerprint density at radius 3 is 2.80 bits per heavy atom. The number of nitrogens with one attached hydrogen (secondary N) is 1. The van der Waals surface area contributed by atoms with Gasteiger partial charge in [-0.05, 0) is 31.2 Å². The number of H-pyrrole nitrogens is 1. The first kappa shape index (κ1) is 11.7. The maximum absolute atomic E-state index is 10.2. The van der Waals surface area contributed by atoms with Crippen molar-refractivity contribution in [2.24, 2.45) is 4.99 Å². The minimum atomic E-state index is 0.557. The average Bonchev–Trinajstić information content (AvgIpc) is 2.69. The van der Waals surface area contributed by atoms with Crippen molar-refractivity contribution >= 4 is 28.8 Å². The number of carbonyl (C=O) groups excluding carboxylic acids is 1. The molecule has 0 unspecified atom stereocenters. The number of imidazole rings is 1. The van der Waals surface area contributed by atoms with Crippen molar-refractivity contribution in [3.8, 4) is 0 Å². The van der Waals surface area contributed by atoms with E-state index in [1.807, 2.05) is 20.8 Å². The van der Waals surface area contributed by atoms with Crippen LogP contribution >= 0.6 is 11.8 Å². The van der Waals surface area contributed by atoms with Crippen LogP contribution in [0.1, 0.15) is 26.5 Å². The number of hydrogen-bond acceptors (Lipinski definition) is 3. The van der Waals surface area contributed by atoms with E-state index in [9.17, 15) is 4.79 Å². The van der Waals surface area contributed by atoms with Gasteiger partial charge in [0.1, 0.15) is 0 Å². The zero-order chi connectivity index (χ0) is 11.3. The third kappa shape index (κ3) is 3.36. The molecule has 0 radical (unpaired) electrons. The van der Waals surface area contributed by atoms with Crippen molar-refractivity contribution in [2.75, 3.05) is 0 Å². The molecule has 0 saturated carbocycles. The van der Waals surface area contributed by atoms with E-state index in [1.165, 1.54) is 11.8 Å². The monoisotopic (exact) mass is 223 g/mol. The van der Waals surface area contributed by atoms with Crippen LogP contribution in [0.2, 0.25) is 0 Å². The first-order chi connectivity index (χ1) is 7.15. The fourth-order valence-corrected chi connectivity index (χ4v) is 1.85. The van der Waals surface area contributed by atoms with Gasteiger partial charge in [-0.1, -0.05) is 11.8 Å². The van der Waals surface area contributed by atoms with Crippen molar-refractivity contribution in [3.05, 3.63) is 23.1 Å². The highest BCUT2D eigenvalue weighted by atomic mass is 32.2. The molecule has 1 aromatic rings. The highest BCUT2D eigenvalue weighted by Crippen LogP contribution is 2.25. The van der Waals surface area contributed by atoms with Crippen LogP contribution in [-0.4, -0.2) is 21.4 Å². The highest BCUT2D eigenvalue weighted by molar-refractivity contribution is 8.17. The van der Waals surface area contributed by atoms with Crippen molar-refractivity contribution in [1.29, 1.82) is 0 Å². The van der Waals surface area contributed by atoms with Gasteiger partial charge in [-0.2, -0.15) is 0 Å². The molecule has 0 saturated heterocycles. The molecule has 1 amide bonds. The molecule has 4 nitrogen and oxygen atoms in total.